The van der Waals surface area contributed by atoms with Gasteiger partial charge in [-0.2, -0.15) is 0 Å². The van der Waals surface area contributed by atoms with E-state index >= 15 is 0 Å². The third-order valence-electron chi connectivity index (χ3n) is 0.926. The van der Waals surface area contributed by atoms with Crippen molar-refractivity contribution in [3.63, 3.8) is 0 Å². The van der Waals surface area contributed by atoms with E-state index in [1.54, 1.807) is 0 Å². The Hall–Kier alpha value is 0.130. The molecule has 1 amide bonds. The lowest BCUT2D eigenvalue weighted by Gasteiger charge is -1.99. The molecule has 1 N–H and O–H groups in total. The maximum atomic E-state index is 10.7. The van der Waals surface area contributed by atoms with Crippen molar-refractivity contribution in [2.75, 3.05) is 12.3 Å². The molecule has 0 spiro atoms. The highest BCUT2D eigenvalue weighted by Gasteiger charge is 2.18. The first-order chi connectivity index (χ1) is 4.29. The normalized spacial score (nSPS) is 29.0. The number of hydrogen-bond acceptors (Lipinski definition) is 3. The summed E-state index contributed by atoms with van der Waals surface area (Å²) < 4.78 is 10.7. The van der Waals surface area contributed by atoms with Crippen molar-refractivity contribution in [1.29, 1.82) is 0 Å². The zero-order valence-corrected chi connectivity index (χ0v) is 6.39. The summed E-state index contributed by atoms with van der Waals surface area (Å²) in [6.07, 6.45) is 0.825. The molecule has 1 fully saturated rings. The number of rotatable bonds is 0. The Kier molecular flexibility index (Phi) is 2.68. The van der Waals surface area contributed by atoms with Gasteiger partial charge in [-0.05, 0) is 0 Å². The molecule has 0 saturated carbocycles. The van der Waals surface area contributed by atoms with Crippen LogP contribution in [0.5, 0.6) is 0 Å². The molecule has 1 heterocycles. The van der Waals surface area contributed by atoms with Gasteiger partial charge in [0.2, 0.25) is 0 Å². The second kappa shape index (κ2) is 3.34. The van der Waals surface area contributed by atoms with Crippen LogP contribution in [0.15, 0.2) is 0 Å². The van der Waals surface area contributed by atoms with Crippen LogP contribution in [-0.4, -0.2) is 22.1 Å². The number of carbonyl (C=O) groups excluding carboxylic acids is 1. The number of carbonyl (C=O) groups is 1. The minimum atomic E-state index is -0.983. The van der Waals surface area contributed by atoms with E-state index in [0.717, 1.165) is 17.2 Å². The van der Waals surface area contributed by atoms with Crippen LogP contribution in [0.1, 0.15) is 6.42 Å². The summed E-state index contributed by atoms with van der Waals surface area (Å²) in [6.45, 7) is 0.664. The van der Waals surface area contributed by atoms with Crippen LogP contribution in [0.25, 0.3) is 0 Å². The monoisotopic (exact) mass is 165 g/mol. The number of nitrogens with one attached hydrogen (secondary N) is 1. The van der Waals surface area contributed by atoms with Gasteiger partial charge in [0.05, 0.1) is 0 Å². The molecule has 0 aliphatic carbocycles. The van der Waals surface area contributed by atoms with Crippen molar-refractivity contribution in [1.82, 2.24) is 5.32 Å². The lowest BCUT2D eigenvalue weighted by molar-refractivity contribution is 0.261. The van der Waals surface area contributed by atoms with Crippen LogP contribution in [0.4, 0.5) is 4.79 Å². The molecule has 3 nitrogen and oxygen atoms in total. The van der Waals surface area contributed by atoms with Crippen molar-refractivity contribution in [3.05, 3.63) is 0 Å². The third kappa shape index (κ3) is 2.47. The molecule has 1 rings (SSSR count). The average Bonchev–Trinajstić information content (AvgIpc) is 1.93. The van der Waals surface area contributed by atoms with E-state index in [4.69, 9.17) is 0 Å². The molecule has 0 aromatic heterocycles. The van der Waals surface area contributed by atoms with Crippen LogP contribution in [-0.2, 0) is 10.2 Å². The lowest BCUT2D eigenvalue weighted by atomic mass is 10.5. The fourth-order valence-corrected chi connectivity index (χ4v) is 2.62. The van der Waals surface area contributed by atoms with Gasteiger partial charge in [0.15, 0.2) is 10.8 Å². The quantitative estimate of drug-likeness (QED) is 0.420. The van der Waals surface area contributed by atoms with Gasteiger partial charge in [-0.1, -0.05) is 0 Å². The summed E-state index contributed by atoms with van der Waals surface area (Å²) in [5, 5.41) is 2.44. The molecular formula is C4H7NO2S2. The van der Waals surface area contributed by atoms with Gasteiger partial charge < -0.3 is 9.87 Å². The van der Waals surface area contributed by atoms with Crippen LogP contribution < -0.4 is 5.32 Å². The fraction of sp³-hybridized carbons (Fsp3) is 0.750. The Morgan fingerprint density at radius 2 is 2.56 bits per heavy atom. The van der Waals surface area contributed by atoms with Gasteiger partial charge in [-0.25, -0.2) is 0 Å². The summed E-state index contributed by atoms with van der Waals surface area (Å²) in [6, 6.07) is 0. The summed E-state index contributed by atoms with van der Waals surface area (Å²) in [5.41, 5.74) is 0. The molecule has 5 heteroatoms. The van der Waals surface area contributed by atoms with Gasteiger partial charge in [-0.3, -0.25) is 4.79 Å². The minimum Gasteiger partial charge on any atom is -0.605 e. The van der Waals surface area contributed by atoms with E-state index in [1.165, 1.54) is 0 Å². The Bertz CT molecular complexity index is 119. The molecular weight excluding hydrogens is 158 g/mol. The first-order valence-electron chi connectivity index (χ1n) is 2.63. The minimum absolute atomic E-state index is 0.161. The fourth-order valence-electron chi connectivity index (χ4n) is 0.536. The van der Waals surface area contributed by atoms with Gasteiger partial charge in [0.25, 0.3) is 0 Å². The summed E-state index contributed by atoms with van der Waals surface area (Å²) >= 11 is 0. The van der Waals surface area contributed by atoms with Crippen molar-refractivity contribution in [2.24, 2.45) is 0 Å². The Morgan fingerprint density at radius 1 is 1.78 bits per heavy atom. The predicted octanol–water partition coefficient (Wildman–Crippen LogP) is 0.497. The first-order valence-corrected chi connectivity index (χ1v) is 5.29. The molecule has 1 unspecified atom stereocenters. The molecule has 1 aliphatic rings. The van der Waals surface area contributed by atoms with Gasteiger partial charge in [-0.15, -0.1) is 0 Å². The maximum Gasteiger partial charge on any atom is 0.330 e. The van der Waals surface area contributed by atoms with Gasteiger partial charge >= 0.3 is 5.24 Å². The van der Waals surface area contributed by atoms with Crippen molar-refractivity contribution < 1.29 is 9.35 Å². The summed E-state index contributed by atoms with van der Waals surface area (Å²) in [5.74, 6) is 0.628. The highest BCUT2D eigenvalue weighted by atomic mass is 33.1. The smallest absolute Gasteiger partial charge is 0.330 e. The lowest BCUT2D eigenvalue weighted by Crippen LogP contribution is -2.17. The van der Waals surface area contributed by atoms with Crippen molar-refractivity contribution in [2.45, 2.75) is 6.42 Å². The van der Waals surface area contributed by atoms with Crippen LogP contribution >= 0.6 is 10.8 Å². The molecule has 0 aromatic rings. The zero-order chi connectivity index (χ0) is 6.69. The van der Waals surface area contributed by atoms with Crippen LogP contribution in [0.2, 0.25) is 0 Å². The third-order valence-corrected chi connectivity index (χ3v) is 3.54. The van der Waals surface area contributed by atoms with Gasteiger partial charge in [0, 0.05) is 23.2 Å². The second-order valence-corrected chi connectivity index (χ2v) is 4.83. The first kappa shape index (κ1) is 7.24. The Balaban J connectivity index is 2.37. The SMILES string of the molecule is O=C1NCCC[S+]([O-])S1. The summed E-state index contributed by atoms with van der Waals surface area (Å²) in [7, 11) is -0.0988. The number of amides is 1. The standard InChI is InChI=1S/C4H7NO2S2/c6-4-5-2-1-3-9(7)8-4/h1-3H2,(H,5,6). The second-order valence-electron chi connectivity index (χ2n) is 1.66. The Morgan fingerprint density at radius 3 is 3.33 bits per heavy atom. The highest BCUT2D eigenvalue weighted by molar-refractivity contribution is 8.77. The van der Waals surface area contributed by atoms with E-state index in [1.807, 2.05) is 0 Å². The average molecular weight is 165 g/mol. The van der Waals surface area contributed by atoms with Gasteiger partial charge in [0.1, 0.15) is 5.75 Å². The molecule has 1 saturated heterocycles. The molecule has 0 radical (unpaired) electrons. The van der Waals surface area contributed by atoms with Crippen LogP contribution in [0.3, 0.4) is 0 Å². The maximum absolute atomic E-state index is 10.7. The van der Waals surface area contributed by atoms with Crippen LogP contribution in [0, 0.1) is 0 Å². The summed E-state index contributed by atoms with van der Waals surface area (Å²) in [4.78, 5) is 10.6. The number of hydrogen-bond donors (Lipinski definition) is 1. The zero-order valence-electron chi connectivity index (χ0n) is 4.75. The van der Waals surface area contributed by atoms with E-state index in [2.05, 4.69) is 5.32 Å². The largest absolute Gasteiger partial charge is 0.605 e. The van der Waals surface area contributed by atoms with E-state index < -0.39 is 10.2 Å². The predicted molar refractivity (Wildman–Crippen MR) is 38.6 cm³/mol. The molecule has 1 atom stereocenters. The Labute approximate surface area is 60.2 Å². The van der Waals surface area contributed by atoms with Crippen molar-refractivity contribution in [3.8, 4) is 0 Å². The molecule has 0 aromatic carbocycles. The molecule has 1 aliphatic heterocycles. The van der Waals surface area contributed by atoms with E-state index in [9.17, 15) is 9.35 Å². The molecule has 52 valence electrons. The molecule has 0 bridgehead atoms. The van der Waals surface area contributed by atoms with E-state index in [-0.39, 0.29) is 5.24 Å². The highest BCUT2D eigenvalue weighted by Crippen LogP contribution is 2.16. The van der Waals surface area contributed by atoms with E-state index in [0.29, 0.717) is 12.3 Å². The molecule has 9 heavy (non-hydrogen) atoms. The van der Waals surface area contributed by atoms with Crippen molar-refractivity contribution >= 4 is 26.2 Å². The topological polar surface area (TPSA) is 52.2 Å².